The van der Waals surface area contributed by atoms with Crippen LogP contribution in [0.2, 0.25) is 0 Å². The number of carboxylic acids is 1. The van der Waals surface area contributed by atoms with Crippen LogP contribution in [0.3, 0.4) is 0 Å². The standard InChI is InChI=1S/C12H16N2O4S/c1-7-13-8(6-19-7)5-14(2)11(15)9-3-4-10(18-9)12(16)17/h6,9-10H,3-5H2,1-2H3,(H,16,17). The third-order valence-electron chi connectivity index (χ3n) is 3.01. The predicted molar refractivity (Wildman–Crippen MR) is 68.9 cm³/mol. The van der Waals surface area contributed by atoms with Crippen LogP contribution in [0.4, 0.5) is 0 Å². The maximum Gasteiger partial charge on any atom is 0.332 e. The molecule has 2 atom stereocenters. The van der Waals surface area contributed by atoms with E-state index in [1.165, 1.54) is 16.2 Å². The van der Waals surface area contributed by atoms with Crippen molar-refractivity contribution in [2.45, 2.75) is 38.5 Å². The van der Waals surface area contributed by atoms with Crippen LogP contribution in [-0.4, -0.2) is 46.1 Å². The van der Waals surface area contributed by atoms with Crippen molar-refractivity contribution >= 4 is 23.2 Å². The summed E-state index contributed by atoms with van der Waals surface area (Å²) in [7, 11) is 1.68. The van der Waals surface area contributed by atoms with Gasteiger partial charge in [-0.3, -0.25) is 4.79 Å². The molecule has 2 heterocycles. The first-order chi connectivity index (χ1) is 8.97. The Balaban J connectivity index is 1.91. The summed E-state index contributed by atoms with van der Waals surface area (Å²) in [5.74, 6) is -1.19. The van der Waals surface area contributed by atoms with Gasteiger partial charge in [-0.25, -0.2) is 9.78 Å². The first kappa shape index (κ1) is 14.0. The zero-order chi connectivity index (χ0) is 14.0. The third kappa shape index (κ3) is 3.30. The average Bonchev–Trinajstić information content (AvgIpc) is 2.97. The molecule has 19 heavy (non-hydrogen) atoms. The zero-order valence-electron chi connectivity index (χ0n) is 10.8. The van der Waals surface area contributed by atoms with E-state index in [9.17, 15) is 9.59 Å². The number of hydrogen-bond acceptors (Lipinski definition) is 5. The molecule has 1 N–H and O–H groups in total. The van der Waals surface area contributed by atoms with Crippen LogP contribution < -0.4 is 0 Å². The molecule has 2 rings (SSSR count). The molecule has 1 aromatic heterocycles. The van der Waals surface area contributed by atoms with E-state index < -0.39 is 18.2 Å². The van der Waals surface area contributed by atoms with Crippen LogP contribution >= 0.6 is 11.3 Å². The van der Waals surface area contributed by atoms with Gasteiger partial charge in [0.1, 0.15) is 6.10 Å². The fourth-order valence-corrected chi connectivity index (χ4v) is 2.65. The van der Waals surface area contributed by atoms with Gasteiger partial charge in [0.05, 0.1) is 17.2 Å². The van der Waals surface area contributed by atoms with Crippen molar-refractivity contribution in [3.8, 4) is 0 Å². The molecule has 1 aromatic rings. The lowest BCUT2D eigenvalue weighted by atomic mass is 10.2. The molecule has 1 fully saturated rings. The number of carbonyl (C=O) groups excluding carboxylic acids is 1. The topological polar surface area (TPSA) is 79.7 Å². The molecular formula is C12H16N2O4S. The lowest BCUT2D eigenvalue weighted by Crippen LogP contribution is -2.36. The number of aliphatic carboxylic acids is 1. The number of nitrogens with zero attached hydrogens (tertiary/aromatic N) is 2. The van der Waals surface area contributed by atoms with Gasteiger partial charge in [0.2, 0.25) is 0 Å². The van der Waals surface area contributed by atoms with Gasteiger partial charge in [-0.15, -0.1) is 11.3 Å². The Morgan fingerprint density at radius 3 is 2.74 bits per heavy atom. The number of aryl methyl sites for hydroxylation is 1. The Labute approximate surface area is 115 Å². The Hall–Kier alpha value is -1.47. The number of aromatic nitrogens is 1. The number of carboxylic acid groups (broad SMARTS) is 1. The van der Waals surface area contributed by atoms with Crippen LogP contribution in [-0.2, 0) is 20.9 Å². The summed E-state index contributed by atoms with van der Waals surface area (Å²) in [6.07, 6.45) is -0.666. The highest BCUT2D eigenvalue weighted by molar-refractivity contribution is 7.09. The second-order valence-electron chi connectivity index (χ2n) is 4.58. The van der Waals surface area contributed by atoms with Crippen LogP contribution in [0.15, 0.2) is 5.38 Å². The summed E-state index contributed by atoms with van der Waals surface area (Å²) in [5, 5.41) is 11.7. The largest absolute Gasteiger partial charge is 0.479 e. The van der Waals surface area contributed by atoms with Crippen molar-refractivity contribution in [3.05, 3.63) is 16.1 Å². The molecule has 1 aliphatic heterocycles. The Bertz CT molecular complexity index is 488. The minimum absolute atomic E-state index is 0.186. The number of thiazole rings is 1. The number of rotatable bonds is 4. The molecule has 2 unspecified atom stereocenters. The van der Waals surface area contributed by atoms with Gasteiger partial charge in [0.15, 0.2) is 6.10 Å². The van der Waals surface area contributed by atoms with Crippen LogP contribution in [0.25, 0.3) is 0 Å². The van der Waals surface area contributed by atoms with E-state index in [2.05, 4.69) is 4.98 Å². The van der Waals surface area contributed by atoms with Gasteiger partial charge < -0.3 is 14.7 Å². The summed E-state index contributed by atoms with van der Waals surface area (Å²) in [6, 6.07) is 0. The number of carbonyl (C=O) groups is 2. The minimum Gasteiger partial charge on any atom is -0.479 e. The van der Waals surface area contributed by atoms with E-state index in [0.717, 1.165) is 10.7 Å². The molecular weight excluding hydrogens is 268 g/mol. The first-order valence-electron chi connectivity index (χ1n) is 6.01. The highest BCUT2D eigenvalue weighted by Crippen LogP contribution is 2.22. The quantitative estimate of drug-likeness (QED) is 0.893. The van der Waals surface area contributed by atoms with E-state index in [1.54, 1.807) is 7.05 Å². The van der Waals surface area contributed by atoms with E-state index in [0.29, 0.717) is 19.4 Å². The van der Waals surface area contributed by atoms with Gasteiger partial charge in [0.25, 0.3) is 5.91 Å². The van der Waals surface area contributed by atoms with Crippen molar-refractivity contribution in [2.75, 3.05) is 7.05 Å². The highest BCUT2D eigenvalue weighted by atomic mass is 32.1. The summed E-state index contributed by atoms with van der Waals surface area (Å²) < 4.78 is 5.24. The summed E-state index contributed by atoms with van der Waals surface area (Å²) in [4.78, 5) is 28.7. The van der Waals surface area contributed by atoms with Gasteiger partial charge in [-0.1, -0.05) is 0 Å². The lowest BCUT2D eigenvalue weighted by molar-refractivity contribution is -0.154. The molecule has 0 bridgehead atoms. The molecule has 0 radical (unpaired) electrons. The van der Waals surface area contributed by atoms with Crippen molar-refractivity contribution in [1.29, 1.82) is 0 Å². The first-order valence-corrected chi connectivity index (χ1v) is 6.89. The summed E-state index contributed by atoms with van der Waals surface area (Å²) >= 11 is 1.54. The van der Waals surface area contributed by atoms with Crippen molar-refractivity contribution in [3.63, 3.8) is 0 Å². The number of ether oxygens (including phenoxy) is 1. The SMILES string of the molecule is Cc1nc(CN(C)C(=O)C2CCC(C(=O)O)O2)cs1. The van der Waals surface area contributed by atoms with Crippen molar-refractivity contribution < 1.29 is 19.4 Å². The lowest BCUT2D eigenvalue weighted by Gasteiger charge is -2.20. The minimum atomic E-state index is -1.01. The second-order valence-corrected chi connectivity index (χ2v) is 5.64. The Morgan fingerprint density at radius 2 is 2.21 bits per heavy atom. The zero-order valence-corrected chi connectivity index (χ0v) is 11.6. The second kappa shape index (κ2) is 5.66. The molecule has 0 saturated carbocycles. The molecule has 0 aromatic carbocycles. The molecule has 1 aliphatic rings. The highest BCUT2D eigenvalue weighted by Gasteiger charge is 2.36. The van der Waals surface area contributed by atoms with E-state index in [4.69, 9.17) is 9.84 Å². The van der Waals surface area contributed by atoms with E-state index >= 15 is 0 Å². The average molecular weight is 284 g/mol. The van der Waals surface area contributed by atoms with E-state index in [1.807, 2.05) is 12.3 Å². The van der Waals surface area contributed by atoms with Crippen molar-refractivity contribution in [2.24, 2.45) is 0 Å². The van der Waals surface area contributed by atoms with Gasteiger partial charge in [0, 0.05) is 12.4 Å². The maximum atomic E-state index is 12.1. The molecule has 1 amide bonds. The number of amides is 1. The number of hydrogen-bond donors (Lipinski definition) is 1. The normalized spacial score (nSPS) is 22.4. The Morgan fingerprint density at radius 1 is 1.53 bits per heavy atom. The monoisotopic (exact) mass is 284 g/mol. The summed E-state index contributed by atoms with van der Waals surface area (Å²) in [6.45, 7) is 2.33. The molecule has 104 valence electrons. The van der Waals surface area contributed by atoms with Crippen molar-refractivity contribution in [1.82, 2.24) is 9.88 Å². The number of likely N-dealkylation sites (N-methyl/N-ethyl adjacent to an activating group) is 1. The van der Waals surface area contributed by atoms with E-state index in [-0.39, 0.29) is 5.91 Å². The fourth-order valence-electron chi connectivity index (χ4n) is 2.05. The molecule has 0 aliphatic carbocycles. The molecule has 1 saturated heterocycles. The Kier molecular flexibility index (Phi) is 4.16. The van der Waals surface area contributed by atoms with Crippen LogP contribution in [0, 0.1) is 6.92 Å². The molecule has 6 nitrogen and oxygen atoms in total. The molecule has 7 heteroatoms. The predicted octanol–water partition coefficient (Wildman–Crippen LogP) is 1.04. The summed E-state index contributed by atoms with van der Waals surface area (Å²) in [5.41, 5.74) is 0.839. The van der Waals surface area contributed by atoms with Crippen LogP contribution in [0.5, 0.6) is 0 Å². The van der Waals surface area contributed by atoms with Gasteiger partial charge in [-0.2, -0.15) is 0 Å². The van der Waals surface area contributed by atoms with Gasteiger partial charge in [-0.05, 0) is 19.8 Å². The van der Waals surface area contributed by atoms with Gasteiger partial charge >= 0.3 is 5.97 Å². The van der Waals surface area contributed by atoms with Crippen LogP contribution in [0.1, 0.15) is 23.5 Å². The smallest absolute Gasteiger partial charge is 0.332 e. The third-order valence-corrected chi connectivity index (χ3v) is 3.83. The molecule has 0 spiro atoms. The maximum absolute atomic E-state index is 12.1. The fraction of sp³-hybridized carbons (Fsp3) is 0.583.